The van der Waals surface area contributed by atoms with Crippen molar-refractivity contribution in [2.45, 2.75) is 13.8 Å². The summed E-state index contributed by atoms with van der Waals surface area (Å²) in [7, 11) is 6.20. The van der Waals surface area contributed by atoms with E-state index in [1.807, 2.05) is 19.9 Å². The maximum atomic E-state index is 11.5. The Labute approximate surface area is 92.6 Å². The van der Waals surface area contributed by atoms with Gasteiger partial charge in [0.15, 0.2) is 0 Å². The molecule has 0 aliphatic heterocycles. The highest BCUT2D eigenvalue weighted by molar-refractivity contribution is 5.91. The van der Waals surface area contributed by atoms with Gasteiger partial charge in [-0.15, -0.1) is 0 Å². The van der Waals surface area contributed by atoms with Gasteiger partial charge in [-0.3, -0.25) is 0 Å². The molecule has 0 N–H and O–H groups in total. The molecule has 0 unspecified atom stereocenters. The maximum absolute atomic E-state index is 11.5. The SMILES string of the molecule is C/C=C\C(=C\C)C(=O)OCC[N+](C)(C)C. The molecule has 0 aromatic carbocycles. The minimum atomic E-state index is -0.246. The fraction of sp³-hybridized carbons (Fsp3) is 0.583. The smallest absolute Gasteiger partial charge is 0.337 e. The first-order valence-corrected chi connectivity index (χ1v) is 5.17. The standard InChI is InChI=1S/C12H22NO2/c1-6-8-11(7-2)12(14)15-10-9-13(3,4)5/h6-8H,9-10H2,1-5H3/q+1/b8-6-,11-7-. The van der Waals surface area contributed by atoms with E-state index in [2.05, 4.69) is 21.1 Å². The predicted molar refractivity (Wildman–Crippen MR) is 62.4 cm³/mol. The molecule has 0 saturated heterocycles. The summed E-state index contributed by atoms with van der Waals surface area (Å²) in [6.45, 7) is 4.98. The zero-order chi connectivity index (χ0) is 11.9. The molecule has 0 heterocycles. The van der Waals surface area contributed by atoms with Crippen molar-refractivity contribution in [1.29, 1.82) is 0 Å². The van der Waals surface area contributed by atoms with Crippen LogP contribution in [0.15, 0.2) is 23.8 Å². The first-order chi connectivity index (χ1) is 6.90. The maximum Gasteiger partial charge on any atom is 0.337 e. The van der Waals surface area contributed by atoms with Crippen molar-refractivity contribution in [3.8, 4) is 0 Å². The van der Waals surface area contributed by atoms with Gasteiger partial charge in [0.2, 0.25) is 0 Å². The van der Waals surface area contributed by atoms with Gasteiger partial charge in [0.25, 0.3) is 0 Å². The highest BCUT2D eigenvalue weighted by atomic mass is 16.5. The summed E-state index contributed by atoms with van der Waals surface area (Å²) in [5.41, 5.74) is 0.610. The van der Waals surface area contributed by atoms with Gasteiger partial charge in [0, 0.05) is 0 Å². The zero-order valence-electron chi connectivity index (χ0n) is 10.4. The van der Waals surface area contributed by atoms with E-state index in [0.29, 0.717) is 12.2 Å². The molecule has 0 amide bonds. The van der Waals surface area contributed by atoms with Crippen LogP contribution < -0.4 is 0 Å². The van der Waals surface area contributed by atoms with Crippen LogP contribution in [0.3, 0.4) is 0 Å². The molecular formula is C12H22NO2+. The van der Waals surface area contributed by atoms with Crippen molar-refractivity contribution < 1.29 is 14.0 Å². The lowest BCUT2D eigenvalue weighted by Crippen LogP contribution is -2.38. The van der Waals surface area contributed by atoms with E-state index in [-0.39, 0.29) is 5.97 Å². The minimum absolute atomic E-state index is 0.246. The number of hydrogen-bond donors (Lipinski definition) is 0. The van der Waals surface area contributed by atoms with Crippen molar-refractivity contribution in [2.24, 2.45) is 0 Å². The van der Waals surface area contributed by atoms with Crippen molar-refractivity contribution in [3.05, 3.63) is 23.8 Å². The topological polar surface area (TPSA) is 26.3 Å². The Morgan fingerprint density at radius 3 is 2.27 bits per heavy atom. The van der Waals surface area contributed by atoms with E-state index < -0.39 is 0 Å². The molecule has 86 valence electrons. The lowest BCUT2D eigenvalue weighted by molar-refractivity contribution is -0.870. The summed E-state index contributed by atoms with van der Waals surface area (Å²) in [4.78, 5) is 11.5. The third-order valence-corrected chi connectivity index (χ3v) is 1.89. The van der Waals surface area contributed by atoms with Crippen LogP contribution in [0.5, 0.6) is 0 Å². The molecule has 0 spiro atoms. The molecule has 0 aromatic heterocycles. The van der Waals surface area contributed by atoms with Crippen molar-refractivity contribution >= 4 is 5.97 Å². The largest absolute Gasteiger partial charge is 0.456 e. The normalized spacial score (nSPS) is 13.3. The van der Waals surface area contributed by atoms with E-state index in [9.17, 15) is 4.79 Å². The van der Waals surface area contributed by atoms with Gasteiger partial charge in [0.05, 0.1) is 26.7 Å². The second-order valence-electron chi connectivity index (χ2n) is 4.39. The van der Waals surface area contributed by atoms with Crippen LogP contribution in [-0.2, 0) is 9.53 Å². The van der Waals surface area contributed by atoms with Crippen LogP contribution in [0.2, 0.25) is 0 Å². The minimum Gasteiger partial charge on any atom is -0.456 e. The van der Waals surface area contributed by atoms with Gasteiger partial charge in [-0.1, -0.05) is 18.2 Å². The van der Waals surface area contributed by atoms with Gasteiger partial charge >= 0.3 is 5.97 Å². The molecule has 15 heavy (non-hydrogen) atoms. The molecule has 0 atom stereocenters. The highest BCUT2D eigenvalue weighted by Crippen LogP contribution is 2.01. The Morgan fingerprint density at radius 1 is 1.27 bits per heavy atom. The van der Waals surface area contributed by atoms with Crippen LogP contribution in [0.25, 0.3) is 0 Å². The number of hydrogen-bond acceptors (Lipinski definition) is 2. The van der Waals surface area contributed by atoms with Crippen LogP contribution in [-0.4, -0.2) is 44.7 Å². The summed E-state index contributed by atoms with van der Waals surface area (Å²) in [6.07, 6.45) is 5.35. The molecule has 3 nitrogen and oxygen atoms in total. The van der Waals surface area contributed by atoms with Gasteiger partial charge in [-0.2, -0.15) is 0 Å². The molecule has 0 aliphatic carbocycles. The summed E-state index contributed by atoms with van der Waals surface area (Å²) in [6, 6.07) is 0. The Balaban J connectivity index is 4.04. The zero-order valence-corrected chi connectivity index (χ0v) is 10.4. The van der Waals surface area contributed by atoms with Crippen molar-refractivity contribution in [1.82, 2.24) is 0 Å². The molecule has 0 rings (SSSR count). The van der Waals surface area contributed by atoms with Crippen molar-refractivity contribution in [3.63, 3.8) is 0 Å². The molecule has 0 radical (unpaired) electrons. The number of nitrogens with zero attached hydrogens (tertiary/aromatic N) is 1. The van der Waals surface area contributed by atoms with Crippen LogP contribution in [0.4, 0.5) is 0 Å². The first-order valence-electron chi connectivity index (χ1n) is 5.17. The third kappa shape index (κ3) is 6.91. The molecule has 0 bridgehead atoms. The fourth-order valence-corrected chi connectivity index (χ4v) is 0.957. The third-order valence-electron chi connectivity index (χ3n) is 1.89. The number of esters is 1. The van der Waals surface area contributed by atoms with E-state index >= 15 is 0 Å². The van der Waals surface area contributed by atoms with Crippen LogP contribution >= 0.6 is 0 Å². The number of carbonyl (C=O) groups is 1. The van der Waals surface area contributed by atoms with Gasteiger partial charge < -0.3 is 9.22 Å². The first kappa shape index (κ1) is 13.9. The van der Waals surface area contributed by atoms with Crippen LogP contribution in [0.1, 0.15) is 13.8 Å². The Kier molecular flexibility index (Phi) is 5.94. The molecular weight excluding hydrogens is 190 g/mol. The quantitative estimate of drug-likeness (QED) is 0.300. The molecule has 0 aromatic rings. The highest BCUT2D eigenvalue weighted by Gasteiger charge is 2.10. The van der Waals surface area contributed by atoms with E-state index in [1.54, 1.807) is 12.2 Å². The predicted octanol–water partition coefficient (Wildman–Crippen LogP) is 1.76. The number of likely N-dealkylation sites (N-methyl/N-ethyl adjacent to an activating group) is 1. The van der Waals surface area contributed by atoms with Crippen LogP contribution in [0, 0.1) is 0 Å². The second-order valence-corrected chi connectivity index (χ2v) is 4.39. The Hall–Kier alpha value is -1.09. The monoisotopic (exact) mass is 212 g/mol. The summed E-state index contributed by atoms with van der Waals surface area (Å²) in [5, 5.41) is 0. The number of allylic oxidation sites excluding steroid dienone is 2. The van der Waals surface area contributed by atoms with Gasteiger partial charge in [0.1, 0.15) is 13.2 Å². The number of ether oxygens (including phenoxy) is 1. The van der Waals surface area contributed by atoms with Crippen molar-refractivity contribution in [2.75, 3.05) is 34.3 Å². The number of rotatable bonds is 5. The van der Waals surface area contributed by atoms with E-state index in [1.165, 1.54) is 0 Å². The van der Waals surface area contributed by atoms with E-state index in [4.69, 9.17) is 4.74 Å². The lowest BCUT2D eigenvalue weighted by Gasteiger charge is -2.23. The number of quaternary nitrogens is 1. The molecule has 0 saturated carbocycles. The second kappa shape index (κ2) is 6.40. The average Bonchev–Trinajstić information content (AvgIpc) is 2.11. The molecule has 3 heteroatoms. The summed E-state index contributed by atoms with van der Waals surface area (Å²) in [5.74, 6) is -0.246. The lowest BCUT2D eigenvalue weighted by atomic mass is 10.2. The van der Waals surface area contributed by atoms with E-state index in [0.717, 1.165) is 11.0 Å². The Bertz CT molecular complexity index is 259. The summed E-state index contributed by atoms with van der Waals surface area (Å²) >= 11 is 0. The Morgan fingerprint density at radius 2 is 1.87 bits per heavy atom. The fourth-order valence-electron chi connectivity index (χ4n) is 0.957. The summed E-state index contributed by atoms with van der Waals surface area (Å²) < 4.78 is 5.94. The van der Waals surface area contributed by atoms with Gasteiger partial charge in [-0.05, 0) is 13.8 Å². The number of carbonyl (C=O) groups excluding carboxylic acids is 1. The van der Waals surface area contributed by atoms with Gasteiger partial charge in [-0.25, -0.2) is 4.79 Å². The molecule has 0 aliphatic rings. The molecule has 0 fully saturated rings. The average molecular weight is 212 g/mol.